The van der Waals surface area contributed by atoms with Crippen LogP contribution in [0.4, 0.5) is 4.39 Å². The van der Waals surface area contributed by atoms with E-state index < -0.39 is 5.82 Å². The molecule has 0 aliphatic carbocycles. The lowest BCUT2D eigenvalue weighted by molar-refractivity contribution is -0.142. The lowest BCUT2D eigenvalue weighted by atomic mass is 10.00. The van der Waals surface area contributed by atoms with E-state index in [2.05, 4.69) is 13.8 Å². The third kappa shape index (κ3) is 5.19. The van der Waals surface area contributed by atoms with Gasteiger partial charge in [-0.05, 0) is 41.5 Å². The molecule has 0 fully saturated rings. The van der Waals surface area contributed by atoms with E-state index in [1.54, 1.807) is 39.3 Å². The van der Waals surface area contributed by atoms with Crippen molar-refractivity contribution in [2.75, 3.05) is 26.2 Å². The van der Waals surface area contributed by atoms with Crippen molar-refractivity contribution in [3.05, 3.63) is 52.0 Å². The van der Waals surface area contributed by atoms with Gasteiger partial charge in [-0.25, -0.2) is 4.39 Å². The molecule has 7 heteroatoms. The maximum absolute atomic E-state index is 14.0. The van der Waals surface area contributed by atoms with Crippen LogP contribution in [0.2, 0.25) is 0 Å². The molecule has 0 unspecified atom stereocenters. The zero-order valence-electron chi connectivity index (χ0n) is 17.8. The number of hydrogen-bond acceptors (Lipinski definition) is 4. The van der Waals surface area contributed by atoms with E-state index in [9.17, 15) is 14.0 Å². The van der Waals surface area contributed by atoms with Crippen LogP contribution < -0.4 is 4.74 Å². The summed E-state index contributed by atoms with van der Waals surface area (Å²) in [5.41, 5.74) is 1.05. The molecular formula is C23H29FN2O3S. The summed E-state index contributed by atoms with van der Waals surface area (Å²) < 4.78 is 19.8. The van der Waals surface area contributed by atoms with Gasteiger partial charge in [0.05, 0.1) is 12.6 Å². The van der Waals surface area contributed by atoms with Gasteiger partial charge in [0.25, 0.3) is 0 Å². The number of fused-ring (bicyclic) bond motifs is 1. The Balaban J connectivity index is 1.76. The SMILES string of the molecule is CC[C@H](C)CN(CC(=O)N1CCc2sccc2[C@H]1COc1ccccc1F)C(C)=O. The van der Waals surface area contributed by atoms with Crippen LogP contribution >= 0.6 is 11.3 Å². The summed E-state index contributed by atoms with van der Waals surface area (Å²) in [7, 11) is 0. The van der Waals surface area contributed by atoms with E-state index in [1.165, 1.54) is 17.9 Å². The van der Waals surface area contributed by atoms with Crippen LogP contribution in [-0.2, 0) is 16.0 Å². The lowest BCUT2D eigenvalue weighted by Crippen LogP contribution is -2.48. The second-order valence-electron chi connectivity index (χ2n) is 7.81. The molecule has 0 saturated carbocycles. The molecule has 2 atom stereocenters. The summed E-state index contributed by atoms with van der Waals surface area (Å²) in [6, 6.07) is 7.99. The van der Waals surface area contributed by atoms with Crippen molar-refractivity contribution < 1.29 is 18.7 Å². The number of para-hydroxylation sites is 1. The van der Waals surface area contributed by atoms with Crippen LogP contribution in [0.25, 0.3) is 0 Å². The Labute approximate surface area is 181 Å². The number of benzene rings is 1. The number of thiophene rings is 1. The number of amides is 2. The van der Waals surface area contributed by atoms with Gasteiger partial charge in [-0.2, -0.15) is 0 Å². The summed E-state index contributed by atoms with van der Waals surface area (Å²) in [6.45, 7) is 6.99. The Morgan fingerprint density at radius 1 is 1.33 bits per heavy atom. The summed E-state index contributed by atoms with van der Waals surface area (Å²) in [5, 5.41) is 2.01. The van der Waals surface area contributed by atoms with Crippen LogP contribution in [0.1, 0.15) is 43.7 Å². The molecule has 1 aromatic carbocycles. The van der Waals surface area contributed by atoms with Crippen LogP contribution in [-0.4, -0.2) is 47.9 Å². The van der Waals surface area contributed by atoms with Crippen molar-refractivity contribution in [1.82, 2.24) is 9.80 Å². The number of carbonyl (C=O) groups is 2. The van der Waals surface area contributed by atoms with E-state index in [0.29, 0.717) is 19.0 Å². The summed E-state index contributed by atoms with van der Waals surface area (Å²) in [6.07, 6.45) is 1.72. The molecule has 30 heavy (non-hydrogen) atoms. The molecule has 0 spiro atoms. The fourth-order valence-electron chi connectivity index (χ4n) is 3.67. The highest BCUT2D eigenvalue weighted by Gasteiger charge is 2.33. The lowest BCUT2D eigenvalue weighted by Gasteiger charge is -2.37. The average molecular weight is 433 g/mol. The molecular weight excluding hydrogens is 403 g/mol. The quantitative estimate of drug-likeness (QED) is 0.625. The number of hydrogen-bond donors (Lipinski definition) is 0. The van der Waals surface area contributed by atoms with Crippen molar-refractivity contribution >= 4 is 23.2 Å². The first kappa shape index (κ1) is 22.3. The fourth-order valence-corrected chi connectivity index (χ4v) is 4.60. The second kappa shape index (κ2) is 10.1. The molecule has 1 aliphatic heterocycles. The first-order valence-electron chi connectivity index (χ1n) is 10.4. The van der Waals surface area contributed by atoms with Crippen LogP contribution in [0.3, 0.4) is 0 Å². The highest BCUT2D eigenvalue weighted by Crippen LogP contribution is 2.34. The van der Waals surface area contributed by atoms with Gasteiger partial charge in [0.15, 0.2) is 11.6 Å². The number of ether oxygens (including phenoxy) is 1. The van der Waals surface area contributed by atoms with Gasteiger partial charge in [0.1, 0.15) is 6.61 Å². The summed E-state index contributed by atoms with van der Waals surface area (Å²) in [5.74, 6) is -0.127. The molecule has 0 bridgehead atoms. The minimum Gasteiger partial charge on any atom is -0.488 e. The normalized spacial score (nSPS) is 16.7. The third-order valence-electron chi connectivity index (χ3n) is 5.65. The largest absolute Gasteiger partial charge is 0.488 e. The number of halogens is 1. The Bertz CT molecular complexity index is 885. The standard InChI is InChI=1S/C23H29FN2O3S/c1-4-16(2)13-25(17(3)27)14-23(28)26-11-9-22-18(10-12-30-22)20(26)15-29-21-8-6-5-7-19(21)24/h5-8,10,12,16,20H,4,9,11,13-15H2,1-3H3/t16-,20+/m0/s1. The van der Waals surface area contributed by atoms with Crippen molar-refractivity contribution in [2.24, 2.45) is 5.92 Å². The smallest absolute Gasteiger partial charge is 0.242 e. The number of carbonyl (C=O) groups excluding carboxylic acids is 2. The molecule has 0 saturated heterocycles. The van der Waals surface area contributed by atoms with Crippen LogP contribution in [0, 0.1) is 11.7 Å². The predicted octanol–water partition coefficient (Wildman–Crippen LogP) is 4.29. The zero-order valence-corrected chi connectivity index (χ0v) is 18.6. The highest BCUT2D eigenvalue weighted by atomic mass is 32.1. The van der Waals surface area contributed by atoms with Crippen molar-refractivity contribution in [2.45, 2.75) is 39.7 Å². The highest BCUT2D eigenvalue weighted by molar-refractivity contribution is 7.10. The zero-order chi connectivity index (χ0) is 21.7. The Hall–Kier alpha value is -2.41. The maximum atomic E-state index is 14.0. The number of rotatable bonds is 8. The van der Waals surface area contributed by atoms with E-state index in [0.717, 1.165) is 18.4 Å². The first-order valence-corrected chi connectivity index (χ1v) is 11.3. The van der Waals surface area contributed by atoms with Gasteiger partial charge in [-0.15, -0.1) is 11.3 Å². The van der Waals surface area contributed by atoms with E-state index >= 15 is 0 Å². The molecule has 2 heterocycles. The fraction of sp³-hybridized carbons (Fsp3) is 0.478. The molecule has 2 aromatic rings. The van der Waals surface area contributed by atoms with Gasteiger partial charge in [-0.1, -0.05) is 32.4 Å². The molecule has 2 amide bonds. The predicted molar refractivity (Wildman–Crippen MR) is 116 cm³/mol. The van der Waals surface area contributed by atoms with E-state index in [4.69, 9.17) is 4.74 Å². The summed E-state index contributed by atoms with van der Waals surface area (Å²) in [4.78, 5) is 29.9. The minimum atomic E-state index is -0.423. The minimum absolute atomic E-state index is 0.0509. The molecule has 1 aliphatic rings. The van der Waals surface area contributed by atoms with Crippen molar-refractivity contribution in [3.63, 3.8) is 0 Å². The maximum Gasteiger partial charge on any atom is 0.242 e. The molecule has 162 valence electrons. The molecule has 3 rings (SSSR count). The molecule has 0 N–H and O–H groups in total. The first-order chi connectivity index (χ1) is 14.4. The molecule has 1 aromatic heterocycles. The third-order valence-corrected chi connectivity index (χ3v) is 6.65. The van der Waals surface area contributed by atoms with Gasteiger partial charge in [0.2, 0.25) is 11.8 Å². The van der Waals surface area contributed by atoms with Gasteiger partial charge >= 0.3 is 0 Å². The van der Waals surface area contributed by atoms with Gasteiger partial charge in [-0.3, -0.25) is 9.59 Å². The van der Waals surface area contributed by atoms with E-state index in [1.807, 2.05) is 11.4 Å². The van der Waals surface area contributed by atoms with Crippen molar-refractivity contribution in [1.29, 1.82) is 0 Å². The Morgan fingerprint density at radius 3 is 2.80 bits per heavy atom. The van der Waals surface area contributed by atoms with Crippen LogP contribution in [0.15, 0.2) is 35.7 Å². The Morgan fingerprint density at radius 2 is 2.10 bits per heavy atom. The average Bonchev–Trinajstić information content (AvgIpc) is 3.21. The molecule has 0 radical (unpaired) electrons. The second-order valence-corrected chi connectivity index (χ2v) is 8.81. The molecule has 5 nitrogen and oxygen atoms in total. The van der Waals surface area contributed by atoms with E-state index in [-0.39, 0.29) is 36.8 Å². The topological polar surface area (TPSA) is 49.9 Å². The number of nitrogens with zero attached hydrogens (tertiary/aromatic N) is 2. The van der Waals surface area contributed by atoms with Crippen molar-refractivity contribution in [3.8, 4) is 5.75 Å². The van der Waals surface area contributed by atoms with Gasteiger partial charge < -0.3 is 14.5 Å². The monoisotopic (exact) mass is 432 g/mol. The van der Waals surface area contributed by atoms with Crippen LogP contribution in [0.5, 0.6) is 5.75 Å². The summed E-state index contributed by atoms with van der Waals surface area (Å²) >= 11 is 1.67. The Kier molecular flexibility index (Phi) is 7.48. The van der Waals surface area contributed by atoms with Gasteiger partial charge in [0, 0.05) is 24.9 Å².